The summed E-state index contributed by atoms with van der Waals surface area (Å²) in [4.78, 5) is 267. The van der Waals surface area contributed by atoms with Crippen LogP contribution in [0.4, 0.5) is 0 Å². The monoisotopic (exact) mass is 1700 g/mol. The van der Waals surface area contributed by atoms with Crippen molar-refractivity contribution in [1.29, 1.82) is 0 Å². The van der Waals surface area contributed by atoms with Crippen molar-refractivity contribution in [2.45, 2.75) is 177 Å². The molecule has 0 aliphatic rings. The topological polar surface area (TPSA) is 817 Å². The fourth-order valence-electron chi connectivity index (χ4n) is 10.7. The summed E-state index contributed by atoms with van der Waals surface area (Å²) in [5, 5.41) is 81.3. The van der Waals surface area contributed by atoms with Crippen LogP contribution in [0.5, 0.6) is 0 Å². The molecule has 2 aromatic rings. The van der Waals surface area contributed by atoms with E-state index in [1.807, 2.05) is 10.6 Å². The average molecular weight is 1700 g/mol. The van der Waals surface area contributed by atoms with Crippen LogP contribution in [0.25, 0.3) is 0 Å². The highest BCUT2D eigenvalue weighted by atomic mass is 31.2. The van der Waals surface area contributed by atoms with Gasteiger partial charge in [0.15, 0.2) is 5.96 Å². The number of carbonyl (C=O) groups is 17. The van der Waals surface area contributed by atoms with E-state index in [0.29, 0.717) is 6.42 Å². The third-order valence-electron chi connectivity index (χ3n) is 16.5. The van der Waals surface area contributed by atoms with Gasteiger partial charge in [-0.3, -0.25) is 90.8 Å². The number of nitrogens with zero attached hydrogens (tertiary/aromatic N) is 1. The van der Waals surface area contributed by atoms with Crippen LogP contribution < -0.4 is 103 Å². The summed E-state index contributed by atoms with van der Waals surface area (Å²) in [6.45, 7) is -0.861. The lowest BCUT2D eigenvalue weighted by Gasteiger charge is -2.27. The molecule has 12 atom stereocenters. The van der Waals surface area contributed by atoms with Gasteiger partial charge in [-0.15, -0.1) is 0 Å². The predicted octanol–water partition coefficient (Wildman–Crippen LogP) is -12.0. The molecule has 0 aliphatic heterocycles. The van der Waals surface area contributed by atoms with Crippen molar-refractivity contribution in [2.75, 3.05) is 52.6 Å². The van der Waals surface area contributed by atoms with Gasteiger partial charge < -0.3 is 148 Å². The largest absolute Gasteiger partial charge is 0.480 e. The average Bonchev–Trinajstić information content (AvgIpc) is 0.857. The Labute approximate surface area is 669 Å². The number of carbonyl (C=O) groups excluding carboxylic acids is 16. The van der Waals surface area contributed by atoms with E-state index >= 15 is 0 Å². The van der Waals surface area contributed by atoms with Gasteiger partial charge in [-0.2, -0.15) is 0 Å². The highest BCUT2D eigenvalue weighted by Gasteiger charge is 2.37. The van der Waals surface area contributed by atoms with Crippen LogP contribution in [0, 0.1) is 5.92 Å². The number of aliphatic carboxylic acids is 1. The summed E-state index contributed by atoms with van der Waals surface area (Å²) in [5.74, 6) is -20.4. The van der Waals surface area contributed by atoms with E-state index in [1.165, 1.54) is 55.5 Å². The van der Waals surface area contributed by atoms with Crippen molar-refractivity contribution in [3.05, 3.63) is 70.8 Å². The number of unbranched alkanes of at least 4 members (excludes halogenated alkanes) is 1. The van der Waals surface area contributed by atoms with Gasteiger partial charge in [-0.1, -0.05) is 62.4 Å². The molecular weight excluding hydrogens is 1590 g/mol. The maximum Gasteiger partial charge on any atom is 0.329 e. The first-order chi connectivity index (χ1) is 54.7. The Balaban J connectivity index is 2.41. The Morgan fingerprint density at radius 2 is 0.718 bits per heavy atom. The summed E-state index contributed by atoms with van der Waals surface area (Å²) in [7, 11) is -9.17. The Kier molecular flexibility index (Phi) is 44.4. The van der Waals surface area contributed by atoms with Crippen LogP contribution in [0.3, 0.4) is 0 Å². The quantitative estimate of drug-likeness (QED) is 0.0127. The number of nitrogens with one attached hydrogen (secondary N) is 14. The molecule has 2 aromatic carbocycles. The number of hydrogen-bond acceptors (Lipinski definition) is 25. The number of aliphatic hydroxyl groups is 4. The lowest BCUT2D eigenvalue weighted by atomic mass is 10.0. The van der Waals surface area contributed by atoms with Gasteiger partial charge in [0.25, 0.3) is 0 Å². The first-order valence-electron chi connectivity index (χ1n) is 36.1. The molecule has 652 valence electrons. The number of carboxylic acid groups (broad SMARTS) is 1. The minimum atomic E-state index is -4.59. The number of carboxylic acids is 1. The molecule has 0 saturated heterocycles. The fraction of sp³-hybridized carbons (Fsp3) is 0.552. The molecule has 0 bridgehead atoms. The minimum absolute atomic E-state index is 0.0213. The minimum Gasteiger partial charge on any atom is -0.480 e. The molecule has 117 heavy (non-hydrogen) atoms. The van der Waals surface area contributed by atoms with Crippen molar-refractivity contribution in [1.82, 2.24) is 74.4 Å². The molecular formula is C67H106N20O28P2. The summed E-state index contributed by atoms with van der Waals surface area (Å²) < 4.78 is 23.5. The number of amides is 16. The second-order valence-electron chi connectivity index (χ2n) is 27.1. The SMILES string of the molecule is CC(=O)N[C@@H](CCCN=C(N)N)C(=O)N[C@@H](CO)C(=O)N[C@@H](CO)C(=O)N[C@@H](CC(C)C)C(=O)N[C@@H](CCCCN)C(=O)N[C@@H](C)C(=O)N[C@@H](Cc1ccc(CP(=O)(O)O)cc1)C(=O)NCC(=O)N[C@@H](CC(N)=O)C(=O)NCC(=O)N[C@@H](Cc1ccc(CP(=O)(O)O)cc1)C(=O)N[C@@H](CO)C(=O)N[C@@H](CO)C(=O)N[C@@H](CC(N)=O)C(=O)O. The van der Waals surface area contributed by atoms with Crippen LogP contribution in [-0.2, 0) is 116 Å². The second-order valence-corrected chi connectivity index (χ2v) is 30.4. The molecule has 2 rings (SSSR count). The molecule has 33 N–H and O–H groups in total. The van der Waals surface area contributed by atoms with E-state index in [1.54, 1.807) is 13.8 Å². The van der Waals surface area contributed by atoms with Crippen LogP contribution in [0.15, 0.2) is 53.5 Å². The molecule has 0 fully saturated rings. The van der Waals surface area contributed by atoms with E-state index in [2.05, 4.69) is 68.8 Å². The molecule has 50 heteroatoms. The maximum absolute atomic E-state index is 14.2. The number of nitrogens with two attached hydrogens (primary N) is 5. The Morgan fingerprint density at radius 3 is 1.10 bits per heavy atom. The normalized spacial score (nSPS) is 14.3. The number of aliphatic hydroxyl groups excluding tert-OH is 4. The van der Waals surface area contributed by atoms with Crippen molar-refractivity contribution in [2.24, 2.45) is 39.6 Å². The van der Waals surface area contributed by atoms with Gasteiger partial charge >= 0.3 is 21.2 Å². The van der Waals surface area contributed by atoms with Crippen molar-refractivity contribution < 1.29 is 136 Å². The summed E-state index contributed by atoms with van der Waals surface area (Å²) >= 11 is 0. The number of aliphatic imine (C=N–C) groups is 1. The standard InChI is InChI=1S/C67H106N20O28P2/c1-33(2)20-42(82-62(104)47(27-88)86-64(106)49(29-90)84-59(101)40(77-35(4)92)9-7-19-73-67(71)72)60(102)80-41(8-5-6-18-68)58(100)76-34(3)55(97)81-43(21-36-10-14-38(15-11-36)31-116(110,111)112)56(98)74-26-54(96)79-45(23-51(69)93)57(99)75-25-53(95)78-44(22-37-12-16-39(17-13-37)32-117(113,114)115)61(103)85-50(30-91)65(107)87-48(28-89)63(105)83-46(66(108)109)24-52(70)94/h10-17,33-34,40-50,88-91H,5-9,18-32,68H2,1-4H3,(H2,69,93)(H2,70,94)(H,74,98)(H,75,99)(H,76,100)(H,77,92)(H,78,95)(H,79,96)(H,80,102)(H,81,97)(H,82,104)(H,83,105)(H,84,101)(H,85,103)(H,86,106)(H,87,107)(H,108,109)(H4,71,72,73)(H2,110,111,112)(H2,113,114,115)/t34-,40-,41-,42-,43-,44-,45-,46-,47-,48-,49-,50-/m0/s1. The van der Waals surface area contributed by atoms with Crippen molar-refractivity contribution in [3.8, 4) is 0 Å². The zero-order chi connectivity index (χ0) is 88.6. The number of guanidine groups is 1. The van der Waals surface area contributed by atoms with E-state index in [4.69, 9.17) is 28.7 Å². The van der Waals surface area contributed by atoms with E-state index in [0.717, 1.165) is 6.92 Å². The molecule has 0 heterocycles. The number of benzene rings is 2. The van der Waals surface area contributed by atoms with Gasteiger partial charge in [0, 0.05) is 26.3 Å². The molecule has 0 saturated carbocycles. The lowest BCUT2D eigenvalue weighted by molar-refractivity contribution is -0.144. The van der Waals surface area contributed by atoms with Gasteiger partial charge in [-0.05, 0) is 80.2 Å². The number of rotatable bonds is 54. The van der Waals surface area contributed by atoms with Gasteiger partial charge in [-0.25, -0.2) is 4.79 Å². The van der Waals surface area contributed by atoms with E-state index < -0.39 is 266 Å². The van der Waals surface area contributed by atoms with Crippen LogP contribution in [-0.4, -0.2) is 277 Å². The zero-order valence-corrected chi connectivity index (χ0v) is 66.1. The van der Waals surface area contributed by atoms with E-state index in [-0.39, 0.29) is 79.3 Å². The van der Waals surface area contributed by atoms with Crippen molar-refractivity contribution in [3.63, 3.8) is 0 Å². The third kappa shape index (κ3) is 40.8. The number of hydrogen-bond donors (Lipinski definition) is 28. The Hall–Kier alpha value is -11.2. The first kappa shape index (κ1) is 102. The Morgan fingerprint density at radius 1 is 0.393 bits per heavy atom. The smallest absolute Gasteiger partial charge is 0.329 e. The van der Waals surface area contributed by atoms with Crippen LogP contribution in [0.1, 0.15) is 101 Å². The summed E-state index contributed by atoms with van der Waals surface area (Å²) in [5.41, 5.74) is 27.5. The van der Waals surface area contributed by atoms with Crippen molar-refractivity contribution >= 4 is 122 Å². The van der Waals surface area contributed by atoms with E-state index in [9.17, 15) is 136 Å². The third-order valence-corrected chi connectivity index (χ3v) is 18.0. The van der Waals surface area contributed by atoms with Gasteiger partial charge in [0.1, 0.15) is 72.5 Å². The Bertz CT molecular complexity index is 3920. The summed E-state index contributed by atoms with van der Waals surface area (Å²) in [6.07, 6.45) is -3.80. The van der Waals surface area contributed by atoms with Gasteiger partial charge in [0.05, 0.1) is 64.7 Å². The van der Waals surface area contributed by atoms with Gasteiger partial charge in [0.2, 0.25) is 94.5 Å². The zero-order valence-electron chi connectivity index (χ0n) is 64.3. The molecule has 16 amide bonds. The highest BCUT2D eigenvalue weighted by Crippen LogP contribution is 2.40. The molecule has 0 spiro atoms. The molecule has 0 unspecified atom stereocenters. The van der Waals surface area contributed by atoms with Crippen LogP contribution >= 0.6 is 15.2 Å². The van der Waals surface area contributed by atoms with Crippen LogP contribution in [0.2, 0.25) is 0 Å². The summed E-state index contributed by atoms with van der Waals surface area (Å²) in [6, 6.07) is -10.2. The molecule has 48 nitrogen and oxygen atoms in total. The molecule has 0 radical (unpaired) electrons. The maximum atomic E-state index is 14.2. The lowest BCUT2D eigenvalue weighted by Crippen LogP contribution is -2.61. The molecule has 0 aliphatic carbocycles. The second kappa shape index (κ2) is 51.0. The highest BCUT2D eigenvalue weighted by molar-refractivity contribution is 7.51. The fourth-order valence-corrected chi connectivity index (χ4v) is 12.0. The predicted molar refractivity (Wildman–Crippen MR) is 408 cm³/mol. The first-order valence-corrected chi connectivity index (χ1v) is 39.7. The molecule has 0 aromatic heterocycles. The number of primary amides is 2.